The van der Waals surface area contributed by atoms with E-state index in [1.807, 2.05) is 30.5 Å². The van der Waals surface area contributed by atoms with E-state index in [1.54, 1.807) is 13.3 Å². The molecule has 0 N–H and O–H groups in total. The van der Waals surface area contributed by atoms with Gasteiger partial charge in [-0.25, -0.2) is 4.40 Å². The number of benzene rings is 2. The number of hydrogen-bond acceptors (Lipinski definition) is 3. The Morgan fingerprint density at radius 3 is 2.17 bits per heavy atom. The highest BCUT2D eigenvalue weighted by Gasteiger charge is 2.01. The summed E-state index contributed by atoms with van der Waals surface area (Å²) in [6.07, 6.45) is 3.56. The van der Waals surface area contributed by atoms with Crippen LogP contribution in [0.1, 0.15) is 11.1 Å². The molecule has 0 heterocycles. The van der Waals surface area contributed by atoms with Gasteiger partial charge in [0.1, 0.15) is 0 Å². The lowest BCUT2D eigenvalue weighted by Crippen LogP contribution is -1.89. The molecule has 2 aromatic carbocycles. The Morgan fingerprint density at radius 2 is 1.56 bits per heavy atom. The van der Waals surface area contributed by atoms with Crippen LogP contribution in [0.25, 0.3) is 11.1 Å². The summed E-state index contributed by atoms with van der Waals surface area (Å²) in [7, 11) is 1.77. The van der Waals surface area contributed by atoms with Gasteiger partial charge in [-0.2, -0.15) is 0 Å². The summed E-state index contributed by atoms with van der Waals surface area (Å²) in [5, 5.41) is 0. The van der Waals surface area contributed by atoms with Crippen LogP contribution in [0.4, 0.5) is 0 Å². The summed E-state index contributed by atoms with van der Waals surface area (Å²) in [4.78, 5) is 4.05. The minimum atomic E-state index is 1.02. The second-order valence-electron chi connectivity index (χ2n) is 3.89. The van der Waals surface area contributed by atoms with E-state index in [-0.39, 0.29) is 0 Å². The van der Waals surface area contributed by atoms with E-state index in [0.29, 0.717) is 0 Å². The van der Waals surface area contributed by atoms with Gasteiger partial charge in [-0.15, -0.1) is 0 Å². The fourth-order valence-electron chi connectivity index (χ4n) is 1.84. The normalized spacial score (nSPS) is 11.4. The third-order valence-corrected chi connectivity index (χ3v) is 2.69. The molecule has 2 nitrogen and oxygen atoms in total. The molecule has 0 amide bonds. The van der Waals surface area contributed by atoms with Crippen LogP contribution in [0.15, 0.2) is 57.9 Å². The molecule has 90 valence electrons. The van der Waals surface area contributed by atoms with Crippen LogP contribution in [-0.4, -0.2) is 19.5 Å². The predicted octanol–water partition coefficient (Wildman–Crippen LogP) is 3.67. The van der Waals surface area contributed by atoms with Gasteiger partial charge in [0, 0.05) is 19.5 Å². The second-order valence-corrected chi connectivity index (χ2v) is 4.12. The lowest BCUT2D eigenvalue weighted by atomic mass is 10.0. The van der Waals surface area contributed by atoms with E-state index in [9.17, 15) is 0 Å². The van der Waals surface area contributed by atoms with Crippen molar-refractivity contribution < 1.29 is 0 Å². The van der Waals surface area contributed by atoms with Crippen molar-refractivity contribution in [1.82, 2.24) is 0 Å². The zero-order valence-corrected chi connectivity index (χ0v) is 11.0. The van der Waals surface area contributed by atoms with E-state index < -0.39 is 0 Å². The maximum absolute atomic E-state index is 4.05. The van der Waals surface area contributed by atoms with Gasteiger partial charge >= 0.3 is 0 Å². The smallest absolute Gasteiger partial charge is 0.0421 e. The van der Waals surface area contributed by atoms with Gasteiger partial charge in [0.05, 0.1) is 0 Å². The van der Waals surface area contributed by atoms with Crippen LogP contribution in [-0.2, 0) is 0 Å². The summed E-state index contributed by atoms with van der Waals surface area (Å²) >= 11 is 3.88. The number of aliphatic imine (C=N–C) groups is 1. The molecule has 0 aliphatic heterocycles. The standard InChI is InChI=1S/C15H14N2S/c1-16-10-12-7-13(11-17-18)9-15(8-12)14-5-3-2-4-6-14/h2-11,18H,1H3/b16-10?,17-11+. The number of nitrogens with zero attached hydrogens (tertiary/aromatic N) is 2. The summed E-state index contributed by atoms with van der Waals surface area (Å²) in [6, 6.07) is 16.5. The van der Waals surface area contributed by atoms with Crippen molar-refractivity contribution in [3.05, 3.63) is 59.7 Å². The van der Waals surface area contributed by atoms with Crippen molar-refractivity contribution in [1.29, 1.82) is 0 Å². The molecule has 0 fully saturated rings. The van der Waals surface area contributed by atoms with E-state index in [1.165, 1.54) is 5.56 Å². The van der Waals surface area contributed by atoms with E-state index >= 15 is 0 Å². The van der Waals surface area contributed by atoms with Crippen molar-refractivity contribution in [2.75, 3.05) is 7.05 Å². The van der Waals surface area contributed by atoms with Gasteiger partial charge in [-0.3, -0.25) is 4.99 Å². The first-order chi connectivity index (χ1) is 8.83. The highest BCUT2D eigenvalue weighted by molar-refractivity contribution is 7.79. The van der Waals surface area contributed by atoms with Crippen molar-refractivity contribution in [3.63, 3.8) is 0 Å². The molecule has 2 aromatic rings. The quantitative estimate of drug-likeness (QED) is 0.638. The fourth-order valence-corrected chi connectivity index (χ4v) is 1.97. The Morgan fingerprint density at radius 1 is 0.889 bits per heavy atom. The second kappa shape index (κ2) is 6.17. The molecular weight excluding hydrogens is 240 g/mol. The van der Waals surface area contributed by atoms with Crippen LogP contribution in [0.2, 0.25) is 0 Å². The van der Waals surface area contributed by atoms with Gasteiger partial charge in [0.15, 0.2) is 0 Å². The molecule has 0 spiro atoms. The highest BCUT2D eigenvalue weighted by atomic mass is 32.1. The average molecular weight is 254 g/mol. The first-order valence-electron chi connectivity index (χ1n) is 5.63. The molecule has 0 aromatic heterocycles. The molecule has 0 unspecified atom stereocenters. The average Bonchev–Trinajstić information content (AvgIpc) is 2.40. The van der Waals surface area contributed by atoms with Crippen LogP contribution in [0.5, 0.6) is 0 Å². The van der Waals surface area contributed by atoms with Gasteiger partial charge in [0.2, 0.25) is 0 Å². The molecule has 3 heteroatoms. The molecule has 0 bridgehead atoms. The van der Waals surface area contributed by atoms with Gasteiger partial charge in [-0.05, 0) is 53.3 Å². The van der Waals surface area contributed by atoms with E-state index in [0.717, 1.165) is 16.7 Å². The SMILES string of the molecule is CN=Cc1cc(/C=N/S)cc(-c2ccccc2)c1. The molecule has 2 rings (SSSR count). The Bertz CT molecular complexity index is 544. The van der Waals surface area contributed by atoms with Crippen molar-refractivity contribution in [3.8, 4) is 11.1 Å². The van der Waals surface area contributed by atoms with Crippen LogP contribution in [0.3, 0.4) is 0 Å². The monoisotopic (exact) mass is 254 g/mol. The summed E-state index contributed by atoms with van der Waals surface area (Å²) < 4.78 is 3.77. The maximum Gasteiger partial charge on any atom is 0.0421 e. The van der Waals surface area contributed by atoms with Gasteiger partial charge < -0.3 is 0 Å². The van der Waals surface area contributed by atoms with Crippen LogP contribution < -0.4 is 0 Å². The summed E-state index contributed by atoms with van der Waals surface area (Å²) in [5.74, 6) is 0. The zero-order chi connectivity index (χ0) is 12.8. The molecule has 0 atom stereocenters. The Hall–Kier alpha value is -1.87. The van der Waals surface area contributed by atoms with Crippen molar-refractivity contribution in [2.45, 2.75) is 0 Å². The number of thiol groups is 1. The first-order valence-corrected chi connectivity index (χ1v) is 6.03. The topological polar surface area (TPSA) is 24.7 Å². The highest BCUT2D eigenvalue weighted by Crippen LogP contribution is 2.21. The Labute approximate surface area is 113 Å². The lowest BCUT2D eigenvalue weighted by molar-refractivity contribution is 1.46. The van der Waals surface area contributed by atoms with E-state index in [2.05, 4.69) is 46.5 Å². The fraction of sp³-hybridized carbons (Fsp3) is 0.0667. The summed E-state index contributed by atoms with van der Waals surface area (Å²) in [5.41, 5.74) is 4.40. The molecule has 0 aliphatic rings. The van der Waals surface area contributed by atoms with Crippen molar-refractivity contribution in [2.24, 2.45) is 9.39 Å². The lowest BCUT2D eigenvalue weighted by Gasteiger charge is -2.05. The number of rotatable bonds is 3. The van der Waals surface area contributed by atoms with Crippen LogP contribution >= 0.6 is 12.8 Å². The van der Waals surface area contributed by atoms with Crippen LogP contribution in [0, 0.1) is 0 Å². The molecule has 0 radical (unpaired) electrons. The minimum Gasteiger partial charge on any atom is -0.296 e. The van der Waals surface area contributed by atoms with Gasteiger partial charge in [-0.1, -0.05) is 30.3 Å². The molecule has 0 saturated carbocycles. The maximum atomic E-state index is 4.05. The largest absolute Gasteiger partial charge is 0.296 e. The predicted molar refractivity (Wildman–Crippen MR) is 82.0 cm³/mol. The van der Waals surface area contributed by atoms with Crippen molar-refractivity contribution >= 4 is 25.2 Å². The first kappa shape index (κ1) is 12.6. The summed E-state index contributed by atoms with van der Waals surface area (Å²) in [6.45, 7) is 0. The Kier molecular flexibility index (Phi) is 4.31. The molecule has 18 heavy (non-hydrogen) atoms. The molecular formula is C15H14N2S. The zero-order valence-electron chi connectivity index (χ0n) is 10.1. The Balaban J connectivity index is 2.53. The molecule has 0 saturated heterocycles. The molecule has 0 aliphatic carbocycles. The third-order valence-electron chi connectivity index (χ3n) is 2.57. The van der Waals surface area contributed by atoms with E-state index in [4.69, 9.17) is 0 Å². The minimum absolute atomic E-state index is 1.02. The van der Waals surface area contributed by atoms with Gasteiger partial charge in [0.25, 0.3) is 0 Å². The number of hydrogen-bond donors (Lipinski definition) is 1. The third kappa shape index (κ3) is 3.08.